The van der Waals surface area contributed by atoms with E-state index in [0.29, 0.717) is 11.4 Å². The number of hydrogen-bond donors (Lipinski definition) is 1. The molecular formula is C17H16BrF2NO3. The zero-order chi connectivity index (χ0) is 17.7. The Hall–Kier alpha value is -2.15. The minimum absolute atomic E-state index is 0.0240. The van der Waals surface area contributed by atoms with Gasteiger partial charge in [-0.3, -0.25) is 4.79 Å². The largest absolute Gasteiger partial charge is 0.480 e. The van der Waals surface area contributed by atoms with Gasteiger partial charge in [-0.1, -0.05) is 6.07 Å². The van der Waals surface area contributed by atoms with E-state index >= 15 is 0 Å². The van der Waals surface area contributed by atoms with Crippen LogP contribution in [0.5, 0.6) is 11.5 Å². The van der Waals surface area contributed by atoms with Crippen LogP contribution in [0.1, 0.15) is 12.5 Å². The quantitative estimate of drug-likeness (QED) is 0.761. The molecule has 0 fully saturated rings. The third-order valence-electron chi connectivity index (χ3n) is 3.11. The maximum absolute atomic E-state index is 12.2. The summed E-state index contributed by atoms with van der Waals surface area (Å²) in [6.07, 6.45) is -0.735. The van der Waals surface area contributed by atoms with E-state index in [0.717, 1.165) is 10.0 Å². The fourth-order valence-electron chi connectivity index (χ4n) is 1.91. The maximum Gasteiger partial charge on any atom is 0.387 e. The second kappa shape index (κ2) is 8.10. The van der Waals surface area contributed by atoms with Crippen LogP contribution in [0, 0.1) is 6.92 Å². The Morgan fingerprint density at radius 1 is 1.12 bits per heavy atom. The highest BCUT2D eigenvalue weighted by Gasteiger charge is 2.16. The maximum atomic E-state index is 12.2. The molecule has 24 heavy (non-hydrogen) atoms. The van der Waals surface area contributed by atoms with Crippen LogP contribution in [-0.4, -0.2) is 18.6 Å². The average Bonchev–Trinajstić information content (AvgIpc) is 2.51. The number of halogens is 3. The number of carbonyl (C=O) groups is 1. The molecule has 0 saturated carbocycles. The van der Waals surface area contributed by atoms with Crippen molar-refractivity contribution in [2.24, 2.45) is 0 Å². The lowest BCUT2D eigenvalue weighted by atomic mass is 10.2. The number of rotatable bonds is 6. The Balaban J connectivity index is 1.96. The van der Waals surface area contributed by atoms with Gasteiger partial charge in [0.25, 0.3) is 5.91 Å². The Kier molecular flexibility index (Phi) is 6.14. The molecule has 2 aromatic rings. The van der Waals surface area contributed by atoms with Gasteiger partial charge in [0.15, 0.2) is 6.10 Å². The molecule has 1 amide bonds. The first-order chi connectivity index (χ1) is 11.3. The second-order valence-corrected chi connectivity index (χ2v) is 5.94. The zero-order valence-electron chi connectivity index (χ0n) is 13.1. The van der Waals surface area contributed by atoms with E-state index in [1.807, 2.05) is 19.1 Å². The van der Waals surface area contributed by atoms with Crippen LogP contribution in [0.15, 0.2) is 46.9 Å². The van der Waals surface area contributed by atoms with Gasteiger partial charge in [0, 0.05) is 5.69 Å². The summed E-state index contributed by atoms with van der Waals surface area (Å²) in [6.45, 7) is 0.689. The summed E-state index contributed by atoms with van der Waals surface area (Å²) in [5.41, 5.74) is 1.53. The fourth-order valence-corrected chi connectivity index (χ4v) is 2.50. The van der Waals surface area contributed by atoms with Crippen LogP contribution in [-0.2, 0) is 4.79 Å². The van der Waals surface area contributed by atoms with Crippen molar-refractivity contribution in [2.45, 2.75) is 26.6 Å². The third kappa shape index (κ3) is 5.19. The summed E-state index contributed by atoms with van der Waals surface area (Å²) in [4.78, 5) is 12.2. The van der Waals surface area contributed by atoms with Gasteiger partial charge in [0.05, 0.1) is 4.47 Å². The lowest BCUT2D eigenvalue weighted by molar-refractivity contribution is -0.122. The molecule has 2 rings (SSSR count). The first-order valence-corrected chi connectivity index (χ1v) is 7.93. The number of alkyl halides is 2. The molecule has 0 aliphatic heterocycles. The van der Waals surface area contributed by atoms with E-state index in [1.54, 1.807) is 13.0 Å². The van der Waals surface area contributed by atoms with Crippen molar-refractivity contribution in [3.8, 4) is 11.5 Å². The predicted molar refractivity (Wildman–Crippen MR) is 90.7 cm³/mol. The first kappa shape index (κ1) is 18.2. The molecule has 1 unspecified atom stereocenters. The summed E-state index contributed by atoms with van der Waals surface area (Å²) in [5.74, 6) is 0.227. The minimum atomic E-state index is -2.88. The molecule has 0 radical (unpaired) electrons. The van der Waals surface area contributed by atoms with Crippen LogP contribution in [0.2, 0.25) is 0 Å². The van der Waals surface area contributed by atoms with Crippen LogP contribution in [0.25, 0.3) is 0 Å². The standard InChI is InChI=1S/C17H16BrF2NO3/c1-10-3-8-15(14(18)9-10)23-11(2)16(22)21-12-4-6-13(7-5-12)24-17(19)20/h3-9,11,17H,1-2H3,(H,21,22). The van der Waals surface area contributed by atoms with Crippen molar-refractivity contribution in [1.82, 2.24) is 0 Å². The second-order valence-electron chi connectivity index (χ2n) is 5.09. The van der Waals surface area contributed by atoms with Crippen molar-refractivity contribution in [3.05, 3.63) is 52.5 Å². The number of nitrogens with one attached hydrogen (secondary N) is 1. The van der Waals surface area contributed by atoms with Gasteiger partial charge in [0.2, 0.25) is 0 Å². The van der Waals surface area contributed by atoms with E-state index in [9.17, 15) is 13.6 Å². The summed E-state index contributed by atoms with van der Waals surface area (Å²) in [7, 11) is 0. The van der Waals surface area contributed by atoms with Gasteiger partial charge in [-0.05, 0) is 71.7 Å². The lowest BCUT2D eigenvalue weighted by Crippen LogP contribution is -2.30. The van der Waals surface area contributed by atoms with Gasteiger partial charge in [-0.15, -0.1) is 0 Å². The number of hydrogen-bond acceptors (Lipinski definition) is 3. The van der Waals surface area contributed by atoms with Gasteiger partial charge in [-0.2, -0.15) is 8.78 Å². The molecule has 1 atom stereocenters. The molecule has 0 aliphatic rings. The molecule has 0 saturated heterocycles. The summed E-state index contributed by atoms with van der Waals surface area (Å²) in [6, 6.07) is 11.2. The Labute approximate surface area is 146 Å². The van der Waals surface area contributed by atoms with Crippen molar-refractivity contribution >= 4 is 27.5 Å². The van der Waals surface area contributed by atoms with Crippen LogP contribution >= 0.6 is 15.9 Å². The molecule has 2 aromatic carbocycles. The van der Waals surface area contributed by atoms with Crippen molar-refractivity contribution in [3.63, 3.8) is 0 Å². The molecule has 0 heterocycles. The minimum Gasteiger partial charge on any atom is -0.480 e. The molecular weight excluding hydrogens is 384 g/mol. The average molecular weight is 400 g/mol. The highest BCUT2D eigenvalue weighted by atomic mass is 79.9. The number of aryl methyl sites for hydroxylation is 1. The molecule has 4 nitrogen and oxygen atoms in total. The SMILES string of the molecule is Cc1ccc(OC(C)C(=O)Nc2ccc(OC(F)F)cc2)c(Br)c1. The molecule has 0 aliphatic carbocycles. The highest BCUT2D eigenvalue weighted by Crippen LogP contribution is 2.27. The molecule has 128 valence electrons. The molecule has 0 bridgehead atoms. The zero-order valence-corrected chi connectivity index (χ0v) is 14.6. The molecule has 0 spiro atoms. The summed E-state index contributed by atoms with van der Waals surface area (Å²) < 4.78 is 34.8. The molecule has 1 N–H and O–H groups in total. The molecule has 7 heteroatoms. The van der Waals surface area contributed by atoms with Crippen molar-refractivity contribution < 1.29 is 23.0 Å². The fraction of sp³-hybridized carbons (Fsp3) is 0.235. The number of anilines is 1. The highest BCUT2D eigenvalue weighted by molar-refractivity contribution is 9.10. The van der Waals surface area contributed by atoms with E-state index in [2.05, 4.69) is 26.0 Å². The monoisotopic (exact) mass is 399 g/mol. The Morgan fingerprint density at radius 3 is 2.38 bits per heavy atom. The summed E-state index contributed by atoms with van der Waals surface area (Å²) in [5, 5.41) is 2.65. The molecule has 0 aromatic heterocycles. The predicted octanol–water partition coefficient (Wildman–Crippen LogP) is 4.76. The first-order valence-electron chi connectivity index (χ1n) is 7.13. The topological polar surface area (TPSA) is 47.6 Å². The third-order valence-corrected chi connectivity index (χ3v) is 3.73. The summed E-state index contributed by atoms with van der Waals surface area (Å²) >= 11 is 3.39. The Morgan fingerprint density at radius 2 is 1.79 bits per heavy atom. The van der Waals surface area contributed by atoms with Gasteiger partial charge < -0.3 is 14.8 Å². The smallest absolute Gasteiger partial charge is 0.387 e. The number of ether oxygens (including phenoxy) is 2. The number of benzene rings is 2. The van der Waals surface area contributed by atoms with Crippen LogP contribution in [0.4, 0.5) is 14.5 Å². The van der Waals surface area contributed by atoms with Crippen molar-refractivity contribution in [1.29, 1.82) is 0 Å². The van der Waals surface area contributed by atoms with Crippen LogP contribution in [0.3, 0.4) is 0 Å². The van der Waals surface area contributed by atoms with Crippen LogP contribution < -0.4 is 14.8 Å². The van der Waals surface area contributed by atoms with Gasteiger partial charge >= 0.3 is 6.61 Å². The van der Waals surface area contributed by atoms with Gasteiger partial charge in [-0.25, -0.2) is 0 Å². The van der Waals surface area contributed by atoms with E-state index in [1.165, 1.54) is 24.3 Å². The van der Waals surface area contributed by atoms with Gasteiger partial charge in [0.1, 0.15) is 11.5 Å². The normalized spacial score (nSPS) is 11.9. The number of carbonyl (C=O) groups excluding carboxylic acids is 1. The lowest BCUT2D eigenvalue weighted by Gasteiger charge is -2.16. The number of amides is 1. The van der Waals surface area contributed by atoms with Crippen molar-refractivity contribution in [2.75, 3.05) is 5.32 Å². The Bertz CT molecular complexity index is 707. The van der Waals surface area contributed by atoms with E-state index < -0.39 is 12.7 Å². The van der Waals surface area contributed by atoms with E-state index in [-0.39, 0.29) is 11.7 Å². The van der Waals surface area contributed by atoms with E-state index in [4.69, 9.17) is 4.74 Å².